The SMILES string of the molecule is Cc1ccc2c(c1)c1cc(C)ccc1n2-c1ccc(-c2cccc(P(=O)(O)O)c2)cc1. The van der Waals surface area contributed by atoms with Gasteiger partial charge in [0.15, 0.2) is 0 Å². The molecule has 0 saturated heterocycles. The predicted octanol–water partition coefficient (Wildman–Crippen LogP) is 5.87. The van der Waals surface area contributed by atoms with Crippen LogP contribution in [-0.2, 0) is 4.57 Å². The topological polar surface area (TPSA) is 62.5 Å². The van der Waals surface area contributed by atoms with Crippen LogP contribution < -0.4 is 5.30 Å². The van der Waals surface area contributed by atoms with Crippen molar-refractivity contribution in [2.75, 3.05) is 0 Å². The number of benzene rings is 4. The van der Waals surface area contributed by atoms with Crippen LogP contribution in [0.4, 0.5) is 0 Å². The second kappa shape index (κ2) is 7.21. The van der Waals surface area contributed by atoms with Gasteiger partial charge in [-0.25, -0.2) is 0 Å². The minimum absolute atomic E-state index is 0.0298. The van der Waals surface area contributed by atoms with Gasteiger partial charge >= 0.3 is 7.60 Å². The average Bonchev–Trinajstić information content (AvgIpc) is 3.06. The first-order chi connectivity index (χ1) is 14.8. The number of fused-ring (bicyclic) bond motifs is 3. The third kappa shape index (κ3) is 3.49. The highest BCUT2D eigenvalue weighted by Crippen LogP contribution is 2.36. The van der Waals surface area contributed by atoms with Gasteiger partial charge in [0.1, 0.15) is 0 Å². The molecule has 0 spiro atoms. The van der Waals surface area contributed by atoms with E-state index in [9.17, 15) is 14.4 Å². The molecule has 4 nitrogen and oxygen atoms in total. The van der Waals surface area contributed by atoms with Crippen molar-refractivity contribution in [1.29, 1.82) is 0 Å². The third-order valence-corrected chi connectivity index (χ3v) is 6.67. The first-order valence-corrected chi connectivity index (χ1v) is 11.7. The van der Waals surface area contributed by atoms with E-state index in [-0.39, 0.29) is 5.30 Å². The van der Waals surface area contributed by atoms with Crippen LogP contribution in [0.25, 0.3) is 38.6 Å². The molecular weight excluding hydrogens is 405 g/mol. The molecule has 0 fully saturated rings. The average molecular weight is 427 g/mol. The summed E-state index contributed by atoms with van der Waals surface area (Å²) in [7, 11) is -4.28. The molecule has 0 atom stereocenters. The van der Waals surface area contributed by atoms with Gasteiger partial charge in [-0.2, -0.15) is 0 Å². The zero-order valence-electron chi connectivity index (χ0n) is 17.3. The van der Waals surface area contributed by atoms with E-state index in [1.165, 1.54) is 28.0 Å². The molecule has 2 N–H and O–H groups in total. The van der Waals surface area contributed by atoms with E-state index in [4.69, 9.17) is 0 Å². The Hall–Kier alpha value is -3.17. The predicted molar refractivity (Wildman–Crippen MR) is 127 cm³/mol. The Morgan fingerprint density at radius 3 is 1.81 bits per heavy atom. The largest absolute Gasteiger partial charge is 0.356 e. The van der Waals surface area contributed by atoms with Crippen molar-refractivity contribution >= 4 is 34.7 Å². The van der Waals surface area contributed by atoms with Gasteiger partial charge in [-0.1, -0.05) is 47.5 Å². The zero-order chi connectivity index (χ0) is 21.8. The van der Waals surface area contributed by atoms with E-state index in [1.54, 1.807) is 12.1 Å². The summed E-state index contributed by atoms with van der Waals surface area (Å²) in [6.07, 6.45) is 0. The highest BCUT2D eigenvalue weighted by atomic mass is 31.2. The molecular formula is C26H22NO3P. The van der Waals surface area contributed by atoms with Crippen LogP contribution in [0.5, 0.6) is 0 Å². The fourth-order valence-corrected chi connectivity index (χ4v) is 4.79. The quantitative estimate of drug-likeness (QED) is 0.354. The van der Waals surface area contributed by atoms with Crippen LogP contribution in [-0.4, -0.2) is 14.4 Å². The van der Waals surface area contributed by atoms with Crippen LogP contribution in [0.15, 0.2) is 84.9 Å². The van der Waals surface area contributed by atoms with Gasteiger partial charge in [-0.05, 0) is 73.5 Å². The van der Waals surface area contributed by atoms with E-state index < -0.39 is 7.60 Å². The lowest BCUT2D eigenvalue weighted by atomic mass is 10.1. The molecule has 4 aromatic carbocycles. The maximum Gasteiger partial charge on any atom is 0.356 e. The van der Waals surface area contributed by atoms with Crippen LogP contribution in [0.3, 0.4) is 0 Å². The van der Waals surface area contributed by atoms with Gasteiger partial charge in [0.2, 0.25) is 0 Å². The van der Waals surface area contributed by atoms with Crippen molar-refractivity contribution in [2.24, 2.45) is 0 Å². The molecule has 154 valence electrons. The van der Waals surface area contributed by atoms with Crippen molar-refractivity contribution in [3.05, 3.63) is 96.1 Å². The van der Waals surface area contributed by atoms with Crippen molar-refractivity contribution in [1.82, 2.24) is 4.57 Å². The molecule has 31 heavy (non-hydrogen) atoms. The number of rotatable bonds is 3. The Morgan fingerprint density at radius 2 is 1.26 bits per heavy atom. The molecule has 0 aliphatic carbocycles. The molecule has 0 bridgehead atoms. The maximum absolute atomic E-state index is 11.6. The van der Waals surface area contributed by atoms with Crippen LogP contribution in [0.2, 0.25) is 0 Å². The summed E-state index contributed by atoms with van der Waals surface area (Å²) in [6.45, 7) is 4.22. The second-order valence-corrected chi connectivity index (χ2v) is 9.62. The van der Waals surface area contributed by atoms with E-state index in [1.807, 2.05) is 18.2 Å². The van der Waals surface area contributed by atoms with Crippen LogP contribution >= 0.6 is 7.60 Å². The maximum atomic E-state index is 11.6. The highest BCUT2D eigenvalue weighted by Gasteiger charge is 2.17. The van der Waals surface area contributed by atoms with Gasteiger partial charge in [0.25, 0.3) is 0 Å². The number of hydrogen-bond donors (Lipinski definition) is 2. The van der Waals surface area contributed by atoms with Gasteiger partial charge in [-0.15, -0.1) is 0 Å². The Morgan fingerprint density at radius 1 is 0.677 bits per heavy atom. The Balaban J connectivity index is 1.66. The minimum atomic E-state index is -4.28. The molecule has 0 unspecified atom stereocenters. The summed E-state index contributed by atoms with van der Waals surface area (Å²) in [6, 6.07) is 27.7. The summed E-state index contributed by atoms with van der Waals surface area (Å²) in [5.41, 5.74) is 7.50. The molecule has 1 heterocycles. The third-order valence-electron chi connectivity index (χ3n) is 5.72. The standard InChI is InChI=1S/C26H22NO3P/c1-17-6-12-25-23(14-17)24-15-18(2)7-13-26(24)27(25)21-10-8-19(9-11-21)20-4-3-5-22(16-20)31(28,29)30/h3-16H,1-2H3,(H2,28,29,30). The van der Waals surface area contributed by atoms with E-state index in [0.717, 1.165) is 27.8 Å². The summed E-state index contributed by atoms with van der Waals surface area (Å²) in [4.78, 5) is 19.0. The van der Waals surface area contributed by atoms with Gasteiger partial charge < -0.3 is 14.4 Å². The lowest BCUT2D eigenvalue weighted by Gasteiger charge is -2.11. The fraction of sp³-hybridized carbons (Fsp3) is 0.0769. The fourth-order valence-electron chi connectivity index (χ4n) is 4.20. The lowest BCUT2D eigenvalue weighted by Crippen LogP contribution is -2.03. The second-order valence-electron chi connectivity index (χ2n) is 8.02. The first-order valence-electron chi connectivity index (χ1n) is 10.1. The monoisotopic (exact) mass is 427 g/mol. The normalized spacial score (nSPS) is 12.0. The summed E-state index contributed by atoms with van der Waals surface area (Å²) in [5.74, 6) is 0. The number of hydrogen-bond acceptors (Lipinski definition) is 1. The minimum Gasteiger partial charge on any atom is -0.321 e. The molecule has 0 saturated carbocycles. The summed E-state index contributed by atoms with van der Waals surface area (Å²) >= 11 is 0. The van der Waals surface area contributed by atoms with Crippen molar-refractivity contribution in [3.63, 3.8) is 0 Å². The molecule has 0 aliphatic heterocycles. The lowest BCUT2D eigenvalue weighted by molar-refractivity contribution is 0.387. The molecule has 5 heteroatoms. The van der Waals surface area contributed by atoms with Crippen LogP contribution in [0.1, 0.15) is 11.1 Å². The van der Waals surface area contributed by atoms with E-state index >= 15 is 0 Å². The van der Waals surface area contributed by atoms with Crippen molar-refractivity contribution in [3.8, 4) is 16.8 Å². The molecule has 1 aromatic heterocycles. The molecule has 0 aliphatic rings. The van der Waals surface area contributed by atoms with E-state index in [2.05, 4.69) is 66.9 Å². The summed E-state index contributed by atoms with van der Waals surface area (Å²) in [5, 5.41) is 2.50. The molecule has 5 aromatic rings. The highest BCUT2D eigenvalue weighted by molar-refractivity contribution is 7.60. The summed E-state index contributed by atoms with van der Waals surface area (Å²) < 4.78 is 13.9. The molecule has 0 radical (unpaired) electrons. The Kier molecular flexibility index (Phi) is 4.60. The van der Waals surface area contributed by atoms with E-state index in [0.29, 0.717) is 0 Å². The number of aryl methyl sites for hydroxylation is 2. The number of aromatic nitrogens is 1. The Labute approximate surface area is 180 Å². The van der Waals surface area contributed by atoms with Crippen molar-refractivity contribution < 1.29 is 14.4 Å². The smallest absolute Gasteiger partial charge is 0.321 e. The Bertz CT molecular complexity index is 1430. The molecule has 5 rings (SSSR count). The van der Waals surface area contributed by atoms with Gasteiger partial charge in [0.05, 0.1) is 16.3 Å². The van der Waals surface area contributed by atoms with Crippen molar-refractivity contribution in [2.45, 2.75) is 13.8 Å². The van der Waals surface area contributed by atoms with Crippen LogP contribution in [0, 0.1) is 13.8 Å². The zero-order valence-corrected chi connectivity index (χ0v) is 18.2. The molecule has 0 amide bonds. The van der Waals surface area contributed by atoms with Gasteiger partial charge in [0, 0.05) is 16.5 Å². The number of nitrogens with zero attached hydrogens (tertiary/aromatic N) is 1. The van der Waals surface area contributed by atoms with Gasteiger partial charge in [-0.3, -0.25) is 4.57 Å². The first kappa shape index (κ1) is 19.8.